The molecule has 0 unspecified atom stereocenters. The quantitative estimate of drug-likeness (QED) is 0.766. The standard InChI is InChI=1S/C16H18FN5O3S/c17-14-4-1-2-5-15(14)26(24,25)21-10-13(11-21)22-9-12(18-19-22)8-20-7-3-6-16(20)23/h1-2,4-5,9,13H,3,6-8,10-11H2. The highest BCUT2D eigenvalue weighted by molar-refractivity contribution is 7.89. The Morgan fingerprint density at radius 1 is 1.23 bits per heavy atom. The summed E-state index contributed by atoms with van der Waals surface area (Å²) >= 11 is 0. The molecule has 0 spiro atoms. The molecule has 1 aromatic carbocycles. The van der Waals surface area contributed by atoms with E-state index in [0.717, 1.165) is 19.0 Å². The van der Waals surface area contributed by atoms with Gasteiger partial charge in [-0.05, 0) is 18.6 Å². The van der Waals surface area contributed by atoms with E-state index in [1.807, 2.05) is 0 Å². The number of carbonyl (C=O) groups is 1. The van der Waals surface area contributed by atoms with Crippen molar-refractivity contribution >= 4 is 15.9 Å². The maximum atomic E-state index is 13.8. The summed E-state index contributed by atoms with van der Waals surface area (Å²) in [5.74, 6) is -0.639. The molecule has 1 aromatic heterocycles. The highest BCUT2D eigenvalue weighted by Gasteiger charge is 2.39. The van der Waals surface area contributed by atoms with Crippen molar-refractivity contribution in [2.24, 2.45) is 0 Å². The van der Waals surface area contributed by atoms with Crippen LogP contribution in [0.5, 0.6) is 0 Å². The molecule has 2 fully saturated rings. The zero-order valence-corrected chi connectivity index (χ0v) is 14.8. The number of carbonyl (C=O) groups excluding carboxylic acids is 1. The van der Waals surface area contributed by atoms with Gasteiger partial charge in [0.25, 0.3) is 0 Å². The molecule has 4 rings (SSSR count). The van der Waals surface area contributed by atoms with Gasteiger partial charge in [0.05, 0.1) is 18.8 Å². The Kier molecular flexibility index (Phi) is 4.23. The Hall–Kier alpha value is -2.33. The number of halogens is 1. The first kappa shape index (κ1) is 17.1. The van der Waals surface area contributed by atoms with Crippen molar-refractivity contribution in [3.8, 4) is 0 Å². The third kappa shape index (κ3) is 2.99. The molecule has 0 atom stereocenters. The highest BCUT2D eigenvalue weighted by atomic mass is 32.2. The number of hydrogen-bond donors (Lipinski definition) is 0. The SMILES string of the molecule is O=C1CCCN1Cc1cn(C2CN(S(=O)(=O)c3ccccc3F)C2)nn1. The summed E-state index contributed by atoms with van der Waals surface area (Å²) in [4.78, 5) is 13.1. The molecule has 2 aliphatic heterocycles. The fourth-order valence-electron chi connectivity index (χ4n) is 3.20. The van der Waals surface area contributed by atoms with Gasteiger partial charge in [0.15, 0.2) is 0 Å². The van der Waals surface area contributed by atoms with Crippen molar-refractivity contribution in [3.63, 3.8) is 0 Å². The average molecular weight is 379 g/mol. The number of hydrogen-bond acceptors (Lipinski definition) is 5. The van der Waals surface area contributed by atoms with Gasteiger partial charge in [-0.15, -0.1) is 5.10 Å². The van der Waals surface area contributed by atoms with Gasteiger partial charge < -0.3 is 4.90 Å². The molecule has 8 nitrogen and oxygen atoms in total. The second-order valence-electron chi connectivity index (χ2n) is 6.52. The van der Waals surface area contributed by atoms with Crippen LogP contribution in [0.2, 0.25) is 0 Å². The monoisotopic (exact) mass is 379 g/mol. The fourth-order valence-corrected chi connectivity index (χ4v) is 4.78. The van der Waals surface area contributed by atoms with Gasteiger partial charge in [0.2, 0.25) is 15.9 Å². The highest BCUT2D eigenvalue weighted by Crippen LogP contribution is 2.29. The molecule has 0 N–H and O–H groups in total. The lowest BCUT2D eigenvalue weighted by molar-refractivity contribution is -0.128. The topological polar surface area (TPSA) is 88.4 Å². The van der Waals surface area contributed by atoms with E-state index in [1.54, 1.807) is 15.8 Å². The summed E-state index contributed by atoms with van der Waals surface area (Å²) < 4.78 is 41.6. The van der Waals surface area contributed by atoms with Crippen LogP contribution in [0.3, 0.4) is 0 Å². The lowest BCUT2D eigenvalue weighted by Crippen LogP contribution is -2.50. The summed E-state index contributed by atoms with van der Waals surface area (Å²) in [6.07, 6.45) is 3.17. The third-order valence-corrected chi connectivity index (χ3v) is 6.60. The number of amides is 1. The van der Waals surface area contributed by atoms with Crippen molar-refractivity contribution in [1.29, 1.82) is 0 Å². The number of sulfonamides is 1. The van der Waals surface area contributed by atoms with Crippen molar-refractivity contribution < 1.29 is 17.6 Å². The Bertz CT molecular complexity index is 939. The third-order valence-electron chi connectivity index (χ3n) is 4.74. The normalized spacial score (nSPS) is 19.1. The first-order chi connectivity index (χ1) is 12.4. The van der Waals surface area contributed by atoms with Gasteiger partial charge in [-0.3, -0.25) is 4.79 Å². The number of aromatic nitrogens is 3. The molecule has 3 heterocycles. The second-order valence-corrected chi connectivity index (χ2v) is 8.42. The molecule has 1 amide bonds. The Labute approximate surface area is 150 Å². The van der Waals surface area contributed by atoms with E-state index in [2.05, 4.69) is 10.3 Å². The van der Waals surface area contributed by atoms with Crippen molar-refractivity contribution in [3.05, 3.63) is 42.0 Å². The van der Waals surface area contributed by atoms with Gasteiger partial charge in [0, 0.05) is 26.1 Å². The Morgan fingerprint density at radius 2 is 2.00 bits per heavy atom. The van der Waals surface area contributed by atoms with E-state index >= 15 is 0 Å². The smallest absolute Gasteiger partial charge is 0.246 e. The molecule has 10 heteroatoms. The summed E-state index contributed by atoms with van der Waals surface area (Å²) in [6, 6.07) is 5.20. The first-order valence-corrected chi connectivity index (χ1v) is 9.82. The second kappa shape index (κ2) is 6.44. The Balaban J connectivity index is 1.41. The van der Waals surface area contributed by atoms with Crippen molar-refractivity contribution in [2.45, 2.75) is 30.3 Å². The van der Waals surface area contributed by atoms with Gasteiger partial charge in [-0.2, -0.15) is 4.31 Å². The molecule has 0 aliphatic carbocycles. The van der Waals surface area contributed by atoms with Crippen LogP contribution in [-0.4, -0.2) is 58.2 Å². The summed E-state index contributed by atoms with van der Waals surface area (Å²) in [5, 5.41) is 8.11. The molecule has 2 saturated heterocycles. The maximum absolute atomic E-state index is 13.8. The summed E-state index contributed by atoms with van der Waals surface area (Å²) in [6.45, 7) is 1.57. The van der Waals surface area contributed by atoms with E-state index < -0.39 is 15.8 Å². The predicted molar refractivity (Wildman–Crippen MR) is 88.9 cm³/mol. The van der Waals surface area contributed by atoms with Crippen LogP contribution in [0.4, 0.5) is 4.39 Å². The average Bonchev–Trinajstić information content (AvgIpc) is 3.16. The first-order valence-electron chi connectivity index (χ1n) is 8.38. The van der Waals surface area contributed by atoms with E-state index in [4.69, 9.17) is 0 Å². The molecule has 0 radical (unpaired) electrons. The molecule has 138 valence electrons. The number of rotatable bonds is 5. The molecular weight excluding hydrogens is 361 g/mol. The van der Waals surface area contributed by atoms with Crippen LogP contribution >= 0.6 is 0 Å². The van der Waals surface area contributed by atoms with Crippen LogP contribution in [0, 0.1) is 5.82 Å². The molecule has 2 aromatic rings. The number of benzene rings is 1. The van der Waals surface area contributed by atoms with E-state index in [-0.39, 0.29) is 29.9 Å². The lowest BCUT2D eigenvalue weighted by atomic mass is 10.2. The number of likely N-dealkylation sites (tertiary alicyclic amines) is 1. The minimum atomic E-state index is -3.85. The predicted octanol–water partition coefficient (Wildman–Crippen LogP) is 0.785. The van der Waals surface area contributed by atoms with E-state index in [9.17, 15) is 17.6 Å². The van der Waals surface area contributed by atoms with Crippen LogP contribution in [0.25, 0.3) is 0 Å². The van der Waals surface area contributed by atoms with Gasteiger partial charge in [0.1, 0.15) is 16.4 Å². The summed E-state index contributed by atoms with van der Waals surface area (Å²) in [5.41, 5.74) is 0.677. The van der Waals surface area contributed by atoms with Crippen LogP contribution in [-0.2, 0) is 21.4 Å². The van der Waals surface area contributed by atoms with Crippen LogP contribution < -0.4 is 0 Å². The fraction of sp³-hybridized carbons (Fsp3) is 0.438. The van der Waals surface area contributed by atoms with Gasteiger partial charge >= 0.3 is 0 Å². The van der Waals surface area contributed by atoms with Gasteiger partial charge in [-0.25, -0.2) is 17.5 Å². The van der Waals surface area contributed by atoms with Crippen molar-refractivity contribution in [1.82, 2.24) is 24.2 Å². The van der Waals surface area contributed by atoms with E-state index in [1.165, 1.54) is 22.5 Å². The number of nitrogens with zero attached hydrogens (tertiary/aromatic N) is 5. The maximum Gasteiger partial charge on any atom is 0.246 e. The minimum absolute atomic E-state index is 0.116. The Morgan fingerprint density at radius 3 is 2.69 bits per heavy atom. The molecular formula is C16H18FN5O3S. The van der Waals surface area contributed by atoms with Crippen LogP contribution in [0.15, 0.2) is 35.4 Å². The molecule has 0 saturated carbocycles. The molecule has 0 bridgehead atoms. The van der Waals surface area contributed by atoms with Gasteiger partial charge in [-0.1, -0.05) is 17.3 Å². The minimum Gasteiger partial charge on any atom is -0.337 e. The molecule has 26 heavy (non-hydrogen) atoms. The largest absolute Gasteiger partial charge is 0.337 e. The van der Waals surface area contributed by atoms with Crippen LogP contribution in [0.1, 0.15) is 24.6 Å². The van der Waals surface area contributed by atoms with E-state index in [0.29, 0.717) is 18.7 Å². The molecule has 2 aliphatic rings. The lowest BCUT2D eigenvalue weighted by Gasteiger charge is -2.37. The van der Waals surface area contributed by atoms with Crippen molar-refractivity contribution in [2.75, 3.05) is 19.6 Å². The zero-order chi connectivity index (χ0) is 18.3. The summed E-state index contributed by atoms with van der Waals surface area (Å²) in [7, 11) is -3.85. The zero-order valence-electron chi connectivity index (χ0n) is 14.0.